The number of carbonyl (C=O) groups excluding carboxylic acids is 2. The molecule has 0 N–H and O–H groups in total. The number of ether oxygens (including phenoxy) is 2. The van der Waals surface area contributed by atoms with Crippen molar-refractivity contribution in [3.63, 3.8) is 0 Å². The largest absolute Gasteiger partial charge is 0.454 e. The average Bonchev–Trinajstić information content (AvgIpc) is 3.11. The maximum Gasteiger partial charge on any atom is 0.261 e. The second-order valence-corrected chi connectivity index (χ2v) is 5.77. The van der Waals surface area contributed by atoms with Crippen molar-refractivity contribution in [1.29, 1.82) is 0 Å². The molecular weight excluding hydrogens is 294 g/mol. The molecule has 4 rings (SSSR count). The molecule has 2 aromatic carbocycles. The topological polar surface area (TPSA) is 55.8 Å². The first-order valence-corrected chi connectivity index (χ1v) is 7.50. The van der Waals surface area contributed by atoms with Crippen LogP contribution in [0.2, 0.25) is 0 Å². The second-order valence-electron chi connectivity index (χ2n) is 5.77. The van der Waals surface area contributed by atoms with Gasteiger partial charge in [0.1, 0.15) is 0 Å². The smallest absolute Gasteiger partial charge is 0.261 e. The van der Waals surface area contributed by atoms with E-state index in [2.05, 4.69) is 0 Å². The highest BCUT2D eigenvalue weighted by atomic mass is 16.7. The minimum absolute atomic E-state index is 0.223. The highest BCUT2D eigenvalue weighted by molar-refractivity contribution is 6.21. The molecule has 0 aromatic heterocycles. The summed E-state index contributed by atoms with van der Waals surface area (Å²) < 4.78 is 10.7. The molecule has 0 saturated carbocycles. The number of benzene rings is 2. The van der Waals surface area contributed by atoms with Crippen LogP contribution in [0.4, 0.5) is 0 Å². The van der Waals surface area contributed by atoms with E-state index in [1.54, 1.807) is 24.3 Å². The molecule has 1 unspecified atom stereocenters. The first-order chi connectivity index (χ1) is 11.1. The van der Waals surface area contributed by atoms with E-state index < -0.39 is 0 Å². The van der Waals surface area contributed by atoms with Crippen LogP contribution in [-0.4, -0.2) is 29.5 Å². The summed E-state index contributed by atoms with van der Waals surface area (Å²) in [4.78, 5) is 26.3. The van der Waals surface area contributed by atoms with Crippen molar-refractivity contribution in [2.75, 3.05) is 6.79 Å². The number of hydrogen-bond acceptors (Lipinski definition) is 4. The van der Waals surface area contributed by atoms with Gasteiger partial charge in [-0.15, -0.1) is 0 Å². The summed E-state index contributed by atoms with van der Waals surface area (Å²) in [6, 6.07) is 12.4. The lowest BCUT2D eigenvalue weighted by atomic mass is 10.1. The molecule has 2 aromatic rings. The van der Waals surface area contributed by atoms with Crippen molar-refractivity contribution in [3.05, 3.63) is 59.2 Å². The summed E-state index contributed by atoms with van der Waals surface area (Å²) in [6.45, 7) is 2.11. The number of carbonyl (C=O) groups is 2. The van der Waals surface area contributed by atoms with E-state index in [1.165, 1.54) is 4.90 Å². The van der Waals surface area contributed by atoms with Crippen LogP contribution < -0.4 is 9.47 Å². The molecule has 0 bridgehead atoms. The van der Waals surface area contributed by atoms with Gasteiger partial charge in [0.2, 0.25) is 6.79 Å². The predicted molar refractivity (Wildman–Crippen MR) is 82.7 cm³/mol. The molecule has 2 amide bonds. The molecule has 0 aliphatic carbocycles. The number of fused-ring (bicyclic) bond motifs is 2. The third kappa shape index (κ3) is 2.16. The molecule has 116 valence electrons. The number of amides is 2. The molecule has 5 heteroatoms. The number of hydrogen-bond donors (Lipinski definition) is 0. The van der Waals surface area contributed by atoms with Gasteiger partial charge in [-0.2, -0.15) is 0 Å². The quantitative estimate of drug-likeness (QED) is 0.818. The fraction of sp³-hybridized carbons (Fsp3) is 0.222. The maximum atomic E-state index is 12.5. The molecule has 0 radical (unpaired) electrons. The molecule has 2 heterocycles. The Morgan fingerprint density at radius 3 is 2.35 bits per heavy atom. The van der Waals surface area contributed by atoms with Gasteiger partial charge in [0.05, 0.1) is 11.1 Å². The summed E-state index contributed by atoms with van der Waals surface area (Å²) in [7, 11) is 0. The Kier molecular flexibility index (Phi) is 3.08. The van der Waals surface area contributed by atoms with Crippen molar-refractivity contribution < 1.29 is 19.1 Å². The van der Waals surface area contributed by atoms with Gasteiger partial charge < -0.3 is 9.47 Å². The van der Waals surface area contributed by atoms with E-state index in [0.29, 0.717) is 23.3 Å². The zero-order valence-corrected chi connectivity index (χ0v) is 12.6. The van der Waals surface area contributed by atoms with Crippen molar-refractivity contribution in [1.82, 2.24) is 4.90 Å². The van der Waals surface area contributed by atoms with Crippen LogP contribution in [-0.2, 0) is 6.42 Å². The summed E-state index contributed by atoms with van der Waals surface area (Å²) in [5, 5.41) is 0. The first kappa shape index (κ1) is 13.8. The summed E-state index contributed by atoms with van der Waals surface area (Å²) >= 11 is 0. The van der Waals surface area contributed by atoms with E-state index in [1.807, 2.05) is 25.1 Å². The van der Waals surface area contributed by atoms with Crippen molar-refractivity contribution in [2.24, 2.45) is 0 Å². The normalized spacial score (nSPS) is 16.7. The maximum absolute atomic E-state index is 12.5. The molecule has 5 nitrogen and oxygen atoms in total. The molecule has 23 heavy (non-hydrogen) atoms. The molecular formula is C18H15NO4. The van der Waals surface area contributed by atoms with Gasteiger partial charge in [-0.05, 0) is 43.2 Å². The van der Waals surface area contributed by atoms with Gasteiger partial charge in [0, 0.05) is 6.04 Å². The van der Waals surface area contributed by atoms with Crippen LogP contribution in [0.15, 0.2) is 42.5 Å². The lowest BCUT2D eigenvalue weighted by molar-refractivity contribution is 0.0596. The molecule has 0 spiro atoms. The predicted octanol–water partition coefficient (Wildman–Crippen LogP) is 2.64. The fourth-order valence-electron chi connectivity index (χ4n) is 3.11. The molecule has 0 fully saturated rings. The van der Waals surface area contributed by atoms with Gasteiger partial charge in [-0.3, -0.25) is 14.5 Å². The summed E-state index contributed by atoms with van der Waals surface area (Å²) in [5.74, 6) is 0.983. The van der Waals surface area contributed by atoms with Crippen molar-refractivity contribution in [2.45, 2.75) is 19.4 Å². The van der Waals surface area contributed by atoms with Crippen LogP contribution in [0.1, 0.15) is 33.2 Å². The van der Waals surface area contributed by atoms with Crippen LogP contribution in [0, 0.1) is 0 Å². The third-order valence-electron chi connectivity index (χ3n) is 4.23. The lowest BCUT2D eigenvalue weighted by Gasteiger charge is -2.22. The highest BCUT2D eigenvalue weighted by Crippen LogP contribution is 2.33. The summed E-state index contributed by atoms with van der Waals surface area (Å²) in [6.07, 6.45) is 0.572. The van der Waals surface area contributed by atoms with E-state index in [-0.39, 0.29) is 24.6 Å². The van der Waals surface area contributed by atoms with Crippen LogP contribution in [0.25, 0.3) is 0 Å². The number of imide groups is 1. The van der Waals surface area contributed by atoms with Gasteiger partial charge in [-0.25, -0.2) is 0 Å². The molecule has 2 aliphatic heterocycles. The first-order valence-electron chi connectivity index (χ1n) is 7.50. The third-order valence-corrected chi connectivity index (χ3v) is 4.23. The van der Waals surface area contributed by atoms with Crippen molar-refractivity contribution >= 4 is 11.8 Å². The molecule has 2 aliphatic rings. The standard InChI is InChI=1S/C18H15NO4/c1-11(8-12-6-7-15-16(9-12)23-10-22-15)19-17(20)13-4-2-3-5-14(13)18(19)21/h2-7,9,11H,8,10H2,1H3. The Hall–Kier alpha value is -2.82. The van der Waals surface area contributed by atoms with Gasteiger partial charge >= 0.3 is 0 Å². The zero-order valence-electron chi connectivity index (χ0n) is 12.6. The Labute approximate surface area is 133 Å². The number of rotatable bonds is 3. The molecule has 0 saturated heterocycles. The average molecular weight is 309 g/mol. The van der Waals surface area contributed by atoms with E-state index >= 15 is 0 Å². The number of nitrogens with zero attached hydrogens (tertiary/aromatic N) is 1. The highest BCUT2D eigenvalue weighted by Gasteiger charge is 2.38. The Morgan fingerprint density at radius 2 is 1.65 bits per heavy atom. The van der Waals surface area contributed by atoms with Crippen molar-refractivity contribution in [3.8, 4) is 11.5 Å². The summed E-state index contributed by atoms with van der Waals surface area (Å²) in [5.41, 5.74) is 1.96. The zero-order chi connectivity index (χ0) is 16.0. The fourth-order valence-corrected chi connectivity index (χ4v) is 3.11. The lowest BCUT2D eigenvalue weighted by Crippen LogP contribution is -2.39. The van der Waals surface area contributed by atoms with Gasteiger partial charge in [-0.1, -0.05) is 18.2 Å². The monoisotopic (exact) mass is 309 g/mol. The van der Waals surface area contributed by atoms with E-state index in [4.69, 9.17) is 9.47 Å². The Balaban J connectivity index is 1.57. The van der Waals surface area contributed by atoms with Gasteiger partial charge in [0.15, 0.2) is 11.5 Å². The van der Waals surface area contributed by atoms with E-state index in [0.717, 1.165) is 11.3 Å². The van der Waals surface area contributed by atoms with Gasteiger partial charge in [0.25, 0.3) is 11.8 Å². The van der Waals surface area contributed by atoms with Crippen LogP contribution >= 0.6 is 0 Å². The van der Waals surface area contributed by atoms with Crippen LogP contribution in [0.3, 0.4) is 0 Å². The Bertz CT molecular complexity index is 779. The SMILES string of the molecule is CC(Cc1ccc2c(c1)OCO2)N1C(=O)c2ccccc2C1=O. The Morgan fingerprint density at radius 1 is 1.00 bits per heavy atom. The minimum atomic E-state index is -0.234. The minimum Gasteiger partial charge on any atom is -0.454 e. The second kappa shape index (κ2) is 5.12. The van der Waals surface area contributed by atoms with Crippen LogP contribution in [0.5, 0.6) is 11.5 Å². The molecule has 1 atom stereocenters. The van der Waals surface area contributed by atoms with E-state index in [9.17, 15) is 9.59 Å².